The number of ether oxygens (including phenoxy) is 1. The molecule has 1 saturated carbocycles. The Labute approximate surface area is 132 Å². The number of carbonyl (C=O) groups is 1. The highest BCUT2D eigenvalue weighted by Gasteiger charge is 2.48. The fraction of sp³-hybridized carbons (Fsp3) is 0.562. The van der Waals surface area contributed by atoms with E-state index in [0.29, 0.717) is 5.41 Å². The van der Waals surface area contributed by atoms with Crippen LogP contribution >= 0.6 is 0 Å². The summed E-state index contributed by atoms with van der Waals surface area (Å²) in [6, 6.07) is 10.4. The Kier molecular flexibility index (Phi) is 5.64. The zero-order chi connectivity index (χ0) is 16.9. The van der Waals surface area contributed by atoms with E-state index in [4.69, 9.17) is 14.6 Å². The molecular formula is C16H20F3NO3. The Morgan fingerprint density at radius 3 is 2.26 bits per heavy atom. The summed E-state index contributed by atoms with van der Waals surface area (Å²) >= 11 is 0. The molecule has 1 aromatic rings. The van der Waals surface area contributed by atoms with Crippen LogP contribution in [-0.4, -0.2) is 36.9 Å². The number of halogens is 3. The summed E-state index contributed by atoms with van der Waals surface area (Å²) in [5, 5.41) is 10.5. The maximum atomic E-state index is 10.6. The molecule has 1 aromatic carbocycles. The SMILES string of the molecule is O=C(O)C(F)(F)F.c1ccc(COCC2CC3(CNC3)C2)cc1. The van der Waals surface area contributed by atoms with Crippen molar-refractivity contribution in [1.29, 1.82) is 0 Å². The highest BCUT2D eigenvalue weighted by Crippen LogP contribution is 2.48. The first-order valence-electron chi connectivity index (χ1n) is 7.43. The fourth-order valence-corrected chi connectivity index (χ4v) is 2.97. The van der Waals surface area contributed by atoms with Crippen LogP contribution in [0.2, 0.25) is 0 Å². The van der Waals surface area contributed by atoms with Crippen LogP contribution in [0.25, 0.3) is 0 Å². The zero-order valence-electron chi connectivity index (χ0n) is 12.6. The third kappa shape index (κ3) is 5.21. The number of benzene rings is 1. The molecule has 0 aromatic heterocycles. The number of alkyl halides is 3. The lowest BCUT2D eigenvalue weighted by Gasteiger charge is -2.54. The molecule has 3 rings (SSSR count). The van der Waals surface area contributed by atoms with Gasteiger partial charge < -0.3 is 15.2 Å². The summed E-state index contributed by atoms with van der Waals surface area (Å²) in [4.78, 5) is 8.90. The average Bonchev–Trinajstić information content (AvgIpc) is 2.40. The quantitative estimate of drug-likeness (QED) is 0.891. The van der Waals surface area contributed by atoms with E-state index in [0.717, 1.165) is 19.1 Å². The van der Waals surface area contributed by atoms with E-state index >= 15 is 0 Å². The first-order chi connectivity index (χ1) is 10.8. The highest BCUT2D eigenvalue weighted by atomic mass is 19.4. The van der Waals surface area contributed by atoms with Gasteiger partial charge in [-0.1, -0.05) is 30.3 Å². The predicted octanol–water partition coefficient (Wildman–Crippen LogP) is 2.84. The van der Waals surface area contributed by atoms with Crippen LogP contribution in [0.3, 0.4) is 0 Å². The summed E-state index contributed by atoms with van der Waals surface area (Å²) in [5.41, 5.74) is 1.96. The van der Waals surface area contributed by atoms with Gasteiger partial charge in [-0.05, 0) is 29.7 Å². The van der Waals surface area contributed by atoms with E-state index in [9.17, 15) is 13.2 Å². The number of carboxylic acid groups (broad SMARTS) is 1. The van der Waals surface area contributed by atoms with Gasteiger partial charge in [0.15, 0.2) is 0 Å². The predicted molar refractivity (Wildman–Crippen MR) is 77.8 cm³/mol. The second-order valence-electron chi connectivity index (χ2n) is 6.18. The molecule has 1 heterocycles. The average molecular weight is 331 g/mol. The summed E-state index contributed by atoms with van der Waals surface area (Å²) < 4.78 is 37.5. The molecule has 0 unspecified atom stereocenters. The minimum absolute atomic E-state index is 0.681. The maximum absolute atomic E-state index is 10.6. The van der Waals surface area contributed by atoms with E-state index in [1.807, 2.05) is 6.07 Å². The van der Waals surface area contributed by atoms with Crippen molar-refractivity contribution in [3.8, 4) is 0 Å². The lowest BCUT2D eigenvalue weighted by atomic mass is 9.59. The van der Waals surface area contributed by atoms with Crippen molar-refractivity contribution >= 4 is 5.97 Å². The third-order valence-electron chi connectivity index (χ3n) is 4.15. The second-order valence-corrected chi connectivity index (χ2v) is 6.18. The van der Waals surface area contributed by atoms with Gasteiger partial charge in [-0.15, -0.1) is 0 Å². The number of aliphatic carboxylic acids is 1. The Bertz CT molecular complexity index is 507. The molecular weight excluding hydrogens is 311 g/mol. The van der Waals surface area contributed by atoms with Gasteiger partial charge in [-0.2, -0.15) is 13.2 Å². The Hall–Kier alpha value is -1.60. The number of hydrogen-bond acceptors (Lipinski definition) is 3. The largest absolute Gasteiger partial charge is 0.490 e. The maximum Gasteiger partial charge on any atom is 0.490 e. The van der Waals surface area contributed by atoms with E-state index in [2.05, 4.69) is 29.6 Å². The van der Waals surface area contributed by atoms with Crippen molar-refractivity contribution in [3.05, 3.63) is 35.9 Å². The standard InChI is InChI=1S/C14H19NO.C2HF3O2/c1-2-4-12(5-3-1)8-16-9-13-6-14(7-13)10-15-11-14;3-2(4,5)1(6)7/h1-5,13,15H,6-11H2;(H,6,7). The minimum atomic E-state index is -5.08. The van der Waals surface area contributed by atoms with Crippen molar-refractivity contribution in [2.24, 2.45) is 11.3 Å². The first kappa shape index (κ1) is 17.7. The molecule has 0 radical (unpaired) electrons. The zero-order valence-corrected chi connectivity index (χ0v) is 12.6. The van der Waals surface area contributed by atoms with Crippen molar-refractivity contribution in [3.63, 3.8) is 0 Å². The lowest BCUT2D eigenvalue weighted by Crippen LogP contribution is -2.60. The van der Waals surface area contributed by atoms with Gasteiger partial charge in [0.1, 0.15) is 0 Å². The van der Waals surface area contributed by atoms with Gasteiger partial charge in [0, 0.05) is 19.7 Å². The molecule has 2 aliphatic rings. The molecule has 1 aliphatic carbocycles. The van der Waals surface area contributed by atoms with Gasteiger partial charge in [0.2, 0.25) is 0 Å². The van der Waals surface area contributed by atoms with Crippen molar-refractivity contribution in [1.82, 2.24) is 5.32 Å². The Morgan fingerprint density at radius 2 is 1.83 bits per heavy atom. The molecule has 7 heteroatoms. The molecule has 0 atom stereocenters. The van der Waals surface area contributed by atoms with Crippen LogP contribution < -0.4 is 5.32 Å². The second kappa shape index (κ2) is 7.31. The molecule has 1 saturated heterocycles. The number of hydrogen-bond donors (Lipinski definition) is 2. The van der Waals surface area contributed by atoms with E-state index < -0.39 is 12.1 Å². The summed E-state index contributed by atoms with van der Waals surface area (Å²) in [7, 11) is 0. The molecule has 128 valence electrons. The van der Waals surface area contributed by atoms with Gasteiger partial charge in [0.05, 0.1) is 6.61 Å². The molecule has 0 amide bonds. The summed E-state index contributed by atoms with van der Waals surface area (Å²) in [6.07, 6.45) is -2.34. The van der Waals surface area contributed by atoms with E-state index in [1.165, 1.54) is 31.5 Å². The van der Waals surface area contributed by atoms with Crippen LogP contribution in [0.15, 0.2) is 30.3 Å². The minimum Gasteiger partial charge on any atom is -0.475 e. The number of rotatable bonds is 4. The van der Waals surface area contributed by atoms with Gasteiger partial charge >= 0.3 is 12.1 Å². The topological polar surface area (TPSA) is 58.6 Å². The summed E-state index contributed by atoms with van der Waals surface area (Å²) in [5.74, 6) is -1.95. The highest BCUT2D eigenvalue weighted by molar-refractivity contribution is 5.73. The van der Waals surface area contributed by atoms with Crippen molar-refractivity contribution in [2.45, 2.75) is 25.6 Å². The fourth-order valence-electron chi connectivity index (χ4n) is 2.97. The molecule has 23 heavy (non-hydrogen) atoms. The smallest absolute Gasteiger partial charge is 0.475 e. The Balaban J connectivity index is 0.000000236. The summed E-state index contributed by atoms with van der Waals surface area (Å²) in [6.45, 7) is 4.18. The van der Waals surface area contributed by atoms with Crippen molar-refractivity contribution in [2.75, 3.05) is 19.7 Å². The third-order valence-corrected chi connectivity index (χ3v) is 4.15. The molecule has 4 nitrogen and oxygen atoms in total. The van der Waals surface area contributed by atoms with Crippen molar-refractivity contribution < 1.29 is 27.8 Å². The van der Waals surface area contributed by atoms with Crippen LogP contribution in [0.4, 0.5) is 13.2 Å². The van der Waals surface area contributed by atoms with Crippen LogP contribution in [0, 0.1) is 11.3 Å². The normalized spacial score (nSPS) is 19.3. The first-order valence-corrected chi connectivity index (χ1v) is 7.43. The molecule has 1 spiro atoms. The van der Waals surface area contributed by atoms with E-state index in [-0.39, 0.29) is 0 Å². The van der Waals surface area contributed by atoms with E-state index in [1.54, 1.807) is 0 Å². The number of nitrogens with one attached hydrogen (secondary N) is 1. The van der Waals surface area contributed by atoms with Crippen LogP contribution in [0.5, 0.6) is 0 Å². The molecule has 1 aliphatic heterocycles. The number of carboxylic acids is 1. The van der Waals surface area contributed by atoms with Crippen LogP contribution in [0.1, 0.15) is 18.4 Å². The monoisotopic (exact) mass is 331 g/mol. The molecule has 0 bridgehead atoms. The lowest BCUT2D eigenvalue weighted by molar-refractivity contribution is -0.192. The Morgan fingerprint density at radius 1 is 1.26 bits per heavy atom. The van der Waals surface area contributed by atoms with Gasteiger partial charge in [0.25, 0.3) is 0 Å². The van der Waals surface area contributed by atoms with Gasteiger partial charge in [-0.3, -0.25) is 0 Å². The van der Waals surface area contributed by atoms with Crippen LogP contribution in [-0.2, 0) is 16.1 Å². The van der Waals surface area contributed by atoms with Gasteiger partial charge in [-0.25, -0.2) is 4.79 Å². The molecule has 2 N–H and O–H groups in total. The molecule has 2 fully saturated rings.